The molecule has 13 nitrogen and oxygen atoms in total. The first-order chi connectivity index (χ1) is 28.1. The number of amides is 1. The van der Waals surface area contributed by atoms with Crippen LogP contribution in [0.1, 0.15) is 17.0 Å². The number of nitrogens with one attached hydrogen (secondary N) is 2. The van der Waals surface area contributed by atoms with Crippen molar-refractivity contribution >= 4 is 47.7 Å². The maximum Gasteiger partial charge on any atom is 0.435 e. The van der Waals surface area contributed by atoms with E-state index in [0.29, 0.717) is 34.1 Å². The van der Waals surface area contributed by atoms with Gasteiger partial charge in [-0.15, -0.1) is 0 Å². The van der Waals surface area contributed by atoms with Crippen LogP contribution in [0.25, 0.3) is 39.3 Å². The maximum absolute atomic E-state index is 13.5. The van der Waals surface area contributed by atoms with E-state index in [9.17, 15) is 34.8 Å². The minimum Gasteiger partial charge on any atom is -0.448 e. The van der Waals surface area contributed by atoms with Crippen LogP contribution < -0.4 is 9.44 Å². The van der Waals surface area contributed by atoms with E-state index in [1.54, 1.807) is 36.4 Å². The molecular formula is C39H36F3N5O8S4. The number of ether oxygens (including phenoxy) is 2. The molecule has 59 heavy (non-hydrogen) atoms. The Labute approximate surface area is 346 Å². The van der Waals surface area contributed by atoms with Crippen LogP contribution in [0, 0.1) is 13.8 Å². The first kappa shape index (κ1) is 43.5. The lowest BCUT2D eigenvalue weighted by molar-refractivity contribution is -0.141. The largest absolute Gasteiger partial charge is 0.448 e. The molecule has 0 spiro atoms. The normalized spacial score (nSPS) is 12.1. The fourth-order valence-electron chi connectivity index (χ4n) is 5.57. The number of alkyl halides is 3. The Hall–Kier alpha value is -5.12. The van der Waals surface area contributed by atoms with Gasteiger partial charge in [-0.05, 0) is 61.9 Å². The number of rotatable bonds is 17. The average molecular weight is 888 g/mol. The highest BCUT2D eigenvalue weighted by atomic mass is 33.1. The van der Waals surface area contributed by atoms with Crippen molar-refractivity contribution in [3.05, 3.63) is 126 Å². The molecule has 0 unspecified atom stereocenters. The van der Waals surface area contributed by atoms with Crippen LogP contribution in [0.5, 0.6) is 0 Å². The van der Waals surface area contributed by atoms with Crippen molar-refractivity contribution in [2.45, 2.75) is 29.8 Å². The van der Waals surface area contributed by atoms with Gasteiger partial charge in [-0.25, -0.2) is 31.0 Å². The molecule has 6 rings (SSSR count). The van der Waals surface area contributed by atoms with Crippen molar-refractivity contribution in [1.29, 1.82) is 0 Å². The lowest BCUT2D eigenvalue weighted by Gasteiger charge is -2.11. The van der Waals surface area contributed by atoms with Crippen molar-refractivity contribution in [3.63, 3.8) is 0 Å². The van der Waals surface area contributed by atoms with Gasteiger partial charge < -0.3 is 14.0 Å². The van der Waals surface area contributed by atoms with E-state index >= 15 is 0 Å². The summed E-state index contributed by atoms with van der Waals surface area (Å²) in [6, 6.07) is 28.4. The second kappa shape index (κ2) is 18.9. The summed E-state index contributed by atoms with van der Waals surface area (Å²) in [5.41, 5.74) is 3.64. The SMILES string of the molecule is Cc1ccc(-c2cc(C(F)(F)F)nn2-c2ccc(S(=O)(=O)NC(=O)OCCSSCCOCNS(=O)(=O)c3ccc(-c4noc(C)c4-c4ccccc4)cc3)cc2)cc1. The van der Waals surface area contributed by atoms with E-state index in [-0.39, 0.29) is 41.1 Å². The molecule has 0 saturated heterocycles. The smallest absolute Gasteiger partial charge is 0.435 e. The van der Waals surface area contributed by atoms with Gasteiger partial charge in [-0.3, -0.25) is 0 Å². The maximum atomic E-state index is 13.5. The monoisotopic (exact) mass is 887 g/mol. The third-order valence-electron chi connectivity index (χ3n) is 8.46. The van der Waals surface area contributed by atoms with Crippen LogP contribution in [-0.2, 0) is 35.7 Å². The molecule has 0 aliphatic heterocycles. The molecule has 2 aromatic heterocycles. The lowest BCUT2D eigenvalue weighted by atomic mass is 10.00. The van der Waals surface area contributed by atoms with E-state index in [4.69, 9.17) is 14.0 Å². The summed E-state index contributed by atoms with van der Waals surface area (Å²) in [5, 5.41) is 7.89. The standard InChI is InChI=1S/C39H36F3N5O8S4/c1-26-8-10-28(11-9-26)34-24-35(39(40,41)42)44-47(34)31-14-18-33(19-15-31)59(51,52)46-38(48)54-21-23-57-56-22-20-53-25-43-58(49,50)32-16-12-30(13-17-32)37-36(27(2)55-45-37)29-6-4-3-5-7-29/h3-19,24,43H,20-23,25H2,1-2H3,(H,46,48). The Morgan fingerprint density at radius 1 is 0.780 bits per heavy atom. The second-order valence-corrected chi connectivity index (χ2v) is 18.8. The van der Waals surface area contributed by atoms with Crippen molar-refractivity contribution in [2.75, 3.05) is 31.5 Å². The van der Waals surface area contributed by atoms with Gasteiger partial charge in [0, 0.05) is 22.6 Å². The molecule has 2 heterocycles. The van der Waals surface area contributed by atoms with Crippen LogP contribution in [0.3, 0.4) is 0 Å². The molecular weight excluding hydrogens is 852 g/mol. The topological polar surface area (TPSA) is 172 Å². The van der Waals surface area contributed by atoms with Crippen molar-refractivity contribution in [2.24, 2.45) is 0 Å². The summed E-state index contributed by atoms with van der Waals surface area (Å²) in [5.74, 6) is 1.43. The molecule has 0 atom stereocenters. The molecule has 20 heteroatoms. The highest BCUT2D eigenvalue weighted by Gasteiger charge is 2.35. The Balaban J connectivity index is 0.890. The number of nitrogens with zero attached hydrogens (tertiary/aromatic N) is 3. The number of halogens is 3. The van der Waals surface area contributed by atoms with Gasteiger partial charge >= 0.3 is 12.3 Å². The van der Waals surface area contributed by atoms with E-state index in [1.807, 2.05) is 48.9 Å². The van der Waals surface area contributed by atoms with E-state index in [1.165, 1.54) is 45.9 Å². The van der Waals surface area contributed by atoms with Crippen LogP contribution in [0.2, 0.25) is 0 Å². The zero-order valence-corrected chi connectivity index (χ0v) is 34.6. The number of aryl methyl sites for hydroxylation is 2. The minimum absolute atomic E-state index is 0.0510. The van der Waals surface area contributed by atoms with Crippen LogP contribution >= 0.6 is 21.6 Å². The highest BCUT2D eigenvalue weighted by Crippen LogP contribution is 2.35. The third-order valence-corrected chi connectivity index (χ3v) is 13.5. The molecule has 4 aromatic carbocycles. The van der Waals surface area contributed by atoms with Crippen molar-refractivity contribution in [3.8, 4) is 39.3 Å². The van der Waals surface area contributed by atoms with Crippen LogP contribution in [-0.4, -0.2) is 69.3 Å². The summed E-state index contributed by atoms with van der Waals surface area (Å²) < 4.78 is 113. The van der Waals surface area contributed by atoms with Crippen LogP contribution in [0.4, 0.5) is 18.0 Å². The number of aromatic nitrogens is 3. The molecule has 2 N–H and O–H groups in total. The summed E-state index contributed by atoms with van der Waals surface area (Å²) >= 11 is 0. The first-order valence-electron chi connectivity index (χ1n) is 17.6. The molecule has 6 aromatic rings. The van der Waals surface area contributed by atoms with Gasteiger partial charge in [0.2, 0.25) is 10.0 Å². The first-order valence-corrected chi connectivity index (χ1v) is 23.1. The zero-order valence-electron chi connectivity index (χ0n) is 31.3. The highest BCUT2D eigenvalue weighted by molar-refractivity contribution is 8.76. The predicted octanol–water partition coefficient (Wildman–Crippen LogP) is 8.25. The second-order valence-electron chi connectivity index (χ2n) is 12.6. The number of carbonyl (C=O) groups excluding carboxylic acids is 1. The summed E-state index contributed by atoms with van der Waals surface area (Å²) in [4.78, 5) is 12.0. The van der Waals surface area contributed by atoms with Gasteiger partial charge in [0.1, 0.15) is 24.8 Å². The van der Waals surface area contributed by atoms with Gasteiger partial charge in [-0.1, -0.05) is 99.0 Å². The lowest BCUT2D eigenvalue weighted by Crippen LogP contribution is -2.31. The molecule has 310 valence electrons. The number of hydrogen-bond donors (Lipinski definition) is 2. The molecule has 1 amide bonds. The molecule has 0 saturated carbocycles. The minimum atomic E-state index is -4.71. The van der Waals surface area contributed by atoms with Gasteiger partial charge in [0.05, 0.1) is 33.3 Å². The Morgan fingerprint density at radius 3 is 2.05 bits per heavy atom. The Bertz CT molecular complexity index is 2590. The van der Waals surface area contributed by atoms with Gasteiger partial charge in [0.15, 0.2) is 5.69 Å². The molecule has 0 bridgehead atoms. The Morgan fingerprint density at radius 2 is 1.39 bits per heavy atom. The van der Waals surface area contributed by atoms with Crippen molar-refractivity contribution < 1.29 is 48.8 Å². The van der Waals surface area contributed by atoms with E-state index in [0.717, 1.165) is 39.6 Å². The van der Waals surface area contributed by atoms with E-state index in [2.05, 4.69) is 15.0 Å². The number of hydrogen-bond acceptors (Lipinski definition) is 12. The third kappa shape index (κ3) is 11.1. The average Bonchev–Trinajstić information content (AvgIpc) is 3.84. The molecule has 0 aliphatic rings. The fourth-order valence-corrected chi connectivity index (χ4v) is 9.05. The number of benzene rings is 4. The molecule has 0 radical (unpaired) electrons. The molecule has 0 aliphatic carbocycles. The van der Waals surface area contributed by atoms with Crippen LogP contribution in [0.15, 0.2) is 124 Å². The fraction of sp³-hybridized carbons (Fsp3) is 0.205. The number of carbonyl (C=O) groups is 1. The Kier molecular flexibility index (Phi) is 13.9. The summed E-state index contributed by atoms with van der Waals surface area (Å²) in [6.45, 7) is 3.49. The molecule has 0 fully saturated rings. The summed E-state index contributed by atoms with van der Waals surface area (Å²) in [6.07, 6.45) is -5.92. The quantitative estimate of drug-likeness (QED) is 0.0511. The van der Waals surface area contributed by atoms with E-state index < -0.39 is 38.0 Å². The summed E-state index contributed by atoms with van der Waals surface area (Å²) in [7, 11) is -5.53. The zero-order chi connectivity index (χ0) is 42.2. The van der Waals surface area contributed by atoms with Gasteiger partial charge in [0.25, 0.3) is 10.0 Å². The number of sulfonamides is 2. The van der Waals surface area contributed by atoms with Gasteiger partial charge in [-0.2, -0.15) is 23.0 Å². The predicted molar refractivity (Wildman–Crippen MR) is 219 cm³/mol. The van der Waals surface area contributed by atoms with Crippen molar-refractivity contribution in [1.82, 2.24) is 24.4 Å².